The maximum Gasteiger partial charge on any atom is 0.206 e. The minimum atomic E-state index is -0.159. The minimum absolute atomic E-state index is 0.159. The Labute approximate surface area is 194 Å². The zero-order chi connectivity index (χ0) is 23.1. The van der Waals surface area contributed by atoms with E-state index in [1.54, 1.807) is 31.4 Å². The number of ether oxygens (including phenoxy) is 1. The zero-order valence-corrected chi connectivity index (χ0v) is 20.0. The lowest BCUT2D eigenvalue weighted by atomic mass is 10.0. The van der Waals surface area contributed by atoms with Gasteiger partial charge >= 0.3 is 0 Å². The number of ketones is 1. The highest BCUT2D eigenvalue weighted by molar-refractivity contribution is 7.18. The number of nitrogen functional groups attached to an aromatic ring is 1. The van der Waals surface area contributed by atoms with Gasteiger partial charge in [0, 0.05) is 29.9 Å². The summed E-state index contributed by atoms with van der Waals surface area (Å²) in [6.07, 6.45) is 8.46. The third-order valence-corrected chi connectivity index (χ3v) is 6.57. The van der Waals surface area contributed by atoms with Crippen molar-refractivity contribution >= 4 is 28.1 Å². The Bertz CT molecular complexity index is 985. The summed E-state index contributed by atoms with van der Waals surface area (Å²) >= 11 is 1.26. The fraction of sp³-hybridized carbons (Fsp3) is 0.417. The Hall–Kier alpha value is -2.68. The first kappa shape index (κ1) is 24.0. The molecule has 1 heterocycles. The van der Waals surface area contributed by atoms with Gasteiger partial charge in [-0.3, -0.25) is 9.69 Å². The van der Waals surface area contributed by atoms with Crippen molar-refractivity contribution in [1.29, 1.82) is 0 Å². The normalized spacial score (nSPS) is 16.7. The number of thiazole rings is 1. The number of benzene rings is 1. The number of rotatable bonds is 11. The van der Waals surface area contributed by atoms with Crippen LogP contribution >= 0.6 is 11.3 Å². The third-order valence-electron chi connectivity index (χ3n) is 5.58. The summed E-state index contributed by atoms with van der Waals surface area (Å²) < 4.78 is 5.21. The van der Waals surface area contributed by atoms with Crippen molar-refractivity contribution in [3.8, 4) is 5.75 Å². The molecule has 1 aromatic heterocycles. The Kier molecular flexibility index (Phi) is 8.44. The van der Waals surface area contributed by atoms with Gasteiger partial charge in [0.25, 0.3) is 0 Å². The molecule has 172 valence electrons. The lowest BCUT2D eigenvalue weighted by Crippen LogP contribution is -2.43. The Morgan fingerprint density at radius 2 is 2.22 bits per heavy atom. The van der Waals surface area contributed by atoms with Crippen LogP contribution in [0.1, 0.15) is 41.9 Å². The number of hydrogen-bond donors (Lipinski definition) is 3. The van der Waals surface area contributed by atoms with E-state index in [1.165, 1.54) is 11.3 Å². The van der Waals surface area contributed by atoms with Crippen molar-refractivity contribution < 1.29 is 9.53 Å². The maximum absolute atomic E-state index is 12.9. The summed E-state index contributed by atoms with van der Waals surface area (Å²) in [7, 11) is 3.74. The number of hydrogen-bond acceptors (Lipinski definition) is 8. The molecule has 0 saturated heterocycles. The Morgan fingerprint density at radius 3 is 2.88 bits per heavy atom. The SMILES string of the molecule is CCNC(CC)CN(C)C1C=CC(Nc2nc(N)c(C(=O)c3cccc(OC)c3)s2)=CC1. The molecule has 8 heteroatoms. The molecule has 0 spiro atoms. The summed E-state index contributed by atoms with van der Waals surface area (Å²) in [5, 5.41) is 7.43. The fourth-order valence-electron chi connectivity index (χ4n) is 3.71. The van der Waals surface area contributed by atoms with E-state index in [-0.39, 0.29) is 11.6 Å². The largest absolute Gasteiger partial charge is 0.497 e. The van der Waals surface area contributed by atoms with Crippen LogP contribution in [-0.4, -0.2) is 55.0 Å². The molecule has 32 heavy (non-hydrogen) atoms. The number of nitrogens with zero attached hydrogens (tertiary/aromatic N) is 2. The first-order chi connectivity index (χ1) is 15.4. The molecule has 2 unspecified atom stereocenters. The molecule has 1 aliphatic rings. The van der Waals surface area contributed by atoms with Gasteiger partial charge in [-0.05, 0) is 44.6 Å². The zero-order valence-electron chi connectivity index (χ0n) is 19.2. The second-order valence-corrected chi connectivity index (χ2v) is 8.84. The van der Waals surface area contributed by atoms with Crippen molar-refractivity contribution in [2.75, 3.05) is 38.3 Å². The van der Waals surface area contributed by atoms with Crippen LogP contribution < -0.4 is 21.1 Å². The average molecular weight is 456 g/mol. The van der Waals surface area contributed by atoms with Gasteiger partial charge in [-0.25, -0.2) is 4.98 Å². The van der Waals surface area contributed by atoms with E-state index in [0.717, 1.165) is 31.6 Å². The molecule has 4 N–H and O–H groups in total. The molecule has 1 aromatic carbocycles. The van der Waals surface area contributed by atoms with Crippen molar-refractivity contribution in [1.82, 2.24) is 15.2 Å². The summed E-state index contributed by atoms with van der Waals surface area (Å²) in [6, 6.07) is 7.90. The van der Waals surface area contributed by atoms with Crippen LogP contribution in [0, 0.1) is 0 Å². The van der Waals surface area contributed by atoms with Gasteiger partial charge in [0.1, 0.15) is 16.4 Å². The van der Waals surface area contributed by atoms with Gasteiger partial charge in [-0.1, -0.05) is 49.5 Å². The number of methoxy groups -OCH3 is 1. The number of aromatic nitrogens is 1. The lowest BCUT2D eigenvalue weighted by Gasteiger charge is -2.30. The van der Waals surface area contributed by atoms with Gasteiger partial charge in [-0.2, -0.15) is 0 Å². The summed E-state index contributed by atoms with van der Waals surface area (Å²) in [4.78, 5) is 20.1. The number of allylic oxidation sites excluding steroid dienone is 1. The number of likely N-dealkylation sites (N-methyl/N-ethyl adjacent to an activating group) is 2. The van der Waals surface area contributed by atoms with Crippen LogP contribution in [0.2, 0.25) is 0 Å². The molecule has 0 radical (unpaired) electrons. The molecule has 0 aliphatic heterocycles. The second-order valence-electron chi connectivity index (χ2n) is 7.84. The van der Waals surface area contributed by atoms with Gasteiger partial charge in [0.2, 0.25) is 5.78 Å². The number of nitrogens with one attached hydrogen (secondary N) is 2. The summed E-state index contributed by atoms with van der Waals surface area (Å²) in [5.41, 5.74) is 7.54. The van der Waals surface area contributed by atoms with Crippen molar-refractivity contribution in [2.24, 2.45) is 0 Å². The van der Waals surface area contributed by atoms with Crippen LogP contribution in [0.4, 0.5) is 10.9 Å². The maximum atomic E-state index is 12.9. The van der Waals surface area contributed by atoms with Gasteiger partial charge in [0.15, 0.2) is 5.13 Å². The number of anilines is 2. The predicted molar refractivity (Wildman–Crippen MR) is 133 cm³/mol. The number of nitrogens with two attached hydrogens (primary N) is 1. The monoisotopic (exact) mass is 455 g/mol. The topological polar surface area (TPSA) is 92.5 Å². The van der Waals surface area contributed by atoms with Gasteiger partial charge in [0.05, 0.1) is 7.11 Å². The van der Waals surface area contributed by atoms with E-state index < -0.39 is 0 Å². The quantitative estimate of drug-likeness (QED) is 0.442. The molecule has 2 atom stereocenters. The highest BCUT2D eigenvalue weighted by Crippen LogP contribution is 2.30. The molecule has 0 fully saturated rings. The average Bonchev–Trinajstić information content (AvgIpc) is 3.18. The first-order valence-corrected chi connectivity index (χ1v) is 11.8. The van der Waals surface area contributed by atoms with E-state index in [2.05, 4.69) is 59.6 Å². The highest BCUT2D eigenvalue weighted by atomic mass is 32.1. The van der Waals surface area contributed by atoms with Crippen molar-refractivity contribution in [2.45, 2.75) is 38.8 Å². The second kappa shape index (κ2) is 11.3. The Morgan fingerprint density at radius 1 is 1.41 bits per heavy atom. The standard InChI is InChI=1S/C24H33N5O2S/c1-5-17(26-6-2)15-29(3)19-12-10-18(11-13-19)27-24-28-23(25)22(32-24)21(30)16-8-7-9-20(14-16)31-4/h7-12,14,17,19,26H,5-6,13,15,25H2,1-4H3,(H,27,28). The smallest absolute Gasteiger partial charge is 0.206 e. The Balaban J connectivity index is 1.62. The molecular formula is C24H33N5O2S. The number of carbonyl (C=O) groups excluding carboxylic acids is 1. The molecule has 0 saturated carbocycles. The molecule has 0 amide bonds. The molecule has 2 aromatic rings. The van der Waals surface area contributed by atoms with Crippen LogP contribution in [0.15, 0.2) is 48.2 Å². The summed E-state index contributed by atoms with van der Waals surface area (Å²) in [5.74, 6) is 0.704. The summed E-state index contributed by atoms with van der Waals surface area (Å²) in [6.45, 7) is 6.35. The first-order valence-electron chi connectivity index (χ1n) is 11.0. The number of carbonyl (C=O) groups is 1. The van der Waals surface area contributed by atoms with Gasteiger partial charge < -0.3 is 21.1 Å². The van der Waals surface area contributed by atoms with E-state index in [4.69, 9.17) is 10.5 Å². The minimum Gasteiger partial charge on any atom is -0.497 e. The highest BCUT2D eigenvalue weighted by Gasteiger charge is 2.20. The molecular weight excluding hydrogens is 422 g/mol. The third kappa shape index (κ3) is 5.97. The van der Waals surface area contributed by atoms with E-state index in [1.807, 2.05) is 0 Å². The lowest BCUT2D eigenvalue weighted by molar-refractivity contribution is 0.104. The van der Waals surface area contributed by atoms with Gasteiger partial charge in [-0.15, -0.1) is 0 Å². The van der Waals surface area contributed by atoms with E-state index >= 15 is 0 Å². The van der Waals surface area contributed by atoms with Crippen molar-refractivity contribution in [3.63, 3.8) is 0 Å². The van der Waals surface area contributed by atoms with Crippen LogP contribution in [0.25, 0.3) is 0 Å². The molecule has 0 bridgehead atoms. The molecule has 1 aliphatic carbocycles. The van der Waals surface area contributed by atoms with Crippen LogP contribution in [0.3, 0.4) is 0 Å². The predicted octanol–water partition coefficient (Wildman–Crippen LogP) is 3.91. The van der Waals surface area contributed by atoms with E-state index in [9.17, 15) is 4.79 Å². The van der Waals surface area contributed by atoms with Crippen LogP contribution in [0.5, 0.6) is 5.75 Å². The van der Waals surface area contributed by atoms with E-state index in [0.29, 0.717) is 33.4 Å². The molecule has 3 rings (SSSR count). The molecule has 7 nitrogen and oxygen atoms in total. The van der Waals surface area contributed by atoms with Crippen LogP contribution in [-0.2, 0) is 0 Å². The fourth-order valence-corrected chi connectivity index (χ4v) is 4.57. The van der Waals surface area contributed by atoms with Crippen molar-refractivity contribution in [3.05, 3.63) is 58.6 Å².